The second-order valence-corrected chi connectivity index (χ2v) is 10.7. The molecule has 10 heteroatoms. The van der Waals surface area contributed by atoms with Gasteiger partial charge in [-0.05, 0) is 37.7 Å². The summed E-state index contributed by atoms with van der Waals surface area (Å²) in [5.74, 6) is 0.559. The van der Waals surface area contributed by atoms with Crippen LogP contribution in [0.2, 0.25) is 0 Å². The van der Waals surface area contributed by atoms with Crippen molar-refractivity contribution in [3.05, 3.63) is 29.8 Å². The van der Waals surface area contributed by atoms with Gasteiger partial charge in [0.05, 0.1) is 4.90 Å². The number of piperidine rings is 1. The fourth-order valence-electron chi connectivity index (χ4n) is 2.87. The molecule has 1 N–H and O–H groups in total. The molecule has 1 fully saturated rings. The van der Waals surface area contributed by atoms with Gasteiger partial charge >= 0.3 is 0 Å². The van der Waals surface area contributed by atoms with Gasteiger partial charge in [-0.2, -0.15) is 4.31 Å². The van der Waals surface area contributed by atoms with Crippen molar-refractivity contribution < 1.29 is 13.2 Å². The molecule has 0 unspecified atom stereocenters. The van der Waals surface area contributed by atoms with E-state index in [1.807, 2.05) is 13.8 Å². The number of hydrogen-bond donors (Lipinski definition) is 1. The SMILES string of the molecule is CCSc1nnc(NC(=O)C2CCN(S(=O)(=O)c3ccc(C)cc3)CC2)s1. The Balaban J connectivity index is 1.57. The zero-order valence-corrected chi connectivity index (χ0v) is 17.7. The van der Waals surface area contributed by atoms with E-state index in [9.17, 15) is 13.2 Å². The van der Waals surface area contributed by atoms with Crippen LogP contribution in [0.1, 0.15) is 25.3 Å². The third-order valence-electron chi connectivity index (χ3n) is 4.39. The highest BCUT2D eigenvalue weighted by atomic mass is 32.2. The van der Waals surface area contributed by atoms with Gasteiger partial charge in [-0.25, -0.2) is 8.42 Å². The lowest BCUT2D eigenvalue weighted by molar-refractivity contribution is -0.120. The molecule has 0 spiro atoms. The lowest BCUT2D eigenvalue weighted by atomic mass is 9.97. The Morgan fingerprint density at radius 2 is 1.93 bits per heavy atom. The second kappa shape index (κ2) is 8.68. The molecule has 1 aromatic carbocycles. The molecule has 0 saturated carbocycles. The summed E-state index contributed by atoms with van der Waals surface area (Å²) < 4.78 is 27.8. The molecule has 0 bridgehead atoms. The van der Waals surface area contributed by atoms with Crippen molar-refractivity contribution in [2.75, 3.05) is 24.2 Å². The molecule has 0 aliphatic carbocycles. The summed E-state index contributed by atoms with van der Waals surface area (Å²) in [5, 5.41) is 11.3. The van der Waals surface area contributed by atoms with Crippen LogP contribution in [0, 0.1) is 12.8 Å². The number of hydrogen-bond acceptors (Lipinski definition) is 7. The van der Waals surface area contributed by atoms with Crippen molar-refractivity contribution >= 4 is 44.2 Å². The summed E-state index contributed by atoms with van der Waals surface area (Å²) in [6, 6.07) is 6.84. The van der Waals surface area contributed by atoms with E-state index in [-0.39, 0.29) is 11.8 Å². The predicted molar refractivity (Wildman–Crippen MR) is 108 cm³/mol. The van der Waals surface area contributed by atoms with Gasteiger partial charge in [0, 0.05) is 19.0 Å². The molecular weight excluding hydrogens is 404 g/mol. The third-order valence-corrected chi connectivity index (χ3v) is 8.15. The Labute approximate surface area is 167 Å². The highest BCUT2D eigenvalue weighted by molar-refractivity contribution is 8.01. The minimum Gasteiger partial charge on any atom is -0.300 e. The lowest BCUT2D eigenvalue weighted by Crippen LogP contribution is -2.41. The number of benzene rings is 1. The number of amides is 1. The fourth-order valence-corrected chi connectivity index (χ4v) is 5.99. The minimum atomic E-state index is -3.51. The zero-order valence-electron chi connectivity index (χ0n) is 15.2. The van der Waals surface area contributed by atoms with Crippen LogP contribution in [0.15, 0.2) is 33.5 Å². The topological polar surface area (TPSA) is 92.3 Å². The van der Waals surface area contributed by atoms with Crippen LogP contribution in [-0.4, -0.2) is 47.7 Å². The van der Waals surface area contributed by atoms with E-state index < -0.39 is 10.0 Å². The summed E-state index contributed by atoms with van der Waals surface area (Å²) >= 11 is 2.94. The maximum Gasteiger partial charge on any atom is 0.243 e. The summed E-state index contributed by atoms with van der Waals surface area (Å²) in [4.78, 5) is 12.7. The van der Waals surface area contributed by atoms with Gasteiger partial charge in [0.25, 0.3) is 0 Å². The van der Waals surface area contributed by atoms with Gasteiger partial charge in [0.15, 0.2) is 4.34 Å². The average molecular weight is 427 g/mol. The standard InChI is InChI=1S/C17H22N4O3S3/c1-3-25-17-20-19-16(26-17)18-15(22)13-8-10-21(11-9-13)27(23,24)14-6-4-12(2)5-7-14/h4-7,13H,3,8-11H2,1-2H3,(H,18,19,22). The lowest BCUT2D eigenvalue weighted by Gasteiger charge is -2.30. The van der Waals surface area contributed by atoms with Gasteiger partial charge in [0.2, 0.25) is 21.1 Å². The Morgan fingerprint density at radius 1 is 1.26 bits per heavy atom. The number of carbonyl (C=O) groups excluding carboxylic acids is 1. The van der Waals surface area contributed by atoms with E-state index >= 15 is 0 Å². The minimum absolute atomic E-state index is 0.119. The molecule has 27 heavy (non-hydrogen) atoms. The molecule has 0 atom stereocenters. The van der Waals surface area contributed by atoms with Crippen molar-refractivity contribution in [3.8, 4) is 0 Å². The summed E-state index contributed by atoms with van der Waals surface area (Å²) in [7, 11) is -3.51. The van der Waals surface area contributed by atoms with Crippen molar-refractivity contribution in [1.82, 2.24) is 14.5 Å². The van der Waals surface area contributed by atoms with Gasteiger partial charge in [-0.1, -0.05) is 47.7 Å². The van der Waals surface area contributed by atoms with Crippen LogP contribution in [0.5, 0.6) is 0 Å². The van der Waals surface area contributed by atoms with E-state index in [2.05, 4.69) is 15.5 Å². The quantitative estimate of drug-likeness (QED) is 0.564. The molecule has 1 aliphatic heterocycles. The first kappa shape index (κ1) is 20.2. The van der Waals surface area contributed by atoms with Crippen molar-refractivity contribution in [2.24, 2.45) is 5.92 Å². The Bertz CT molecular complexity index is 888. The molecule has 2 aromatic rings. The highest BCUT2D eigenvalue weighted by Gasteiger charge is 2.32. The molecule has 1 saturated heterocycles. The second-order valence-electron chi connectivity index (χ2n) is 6.29. The molecule has 1 aromatic heterocycles. The van der Waals surface area contributed by atoms with Gasteiger partial charge < -0.3 is 5.32 Å². The summed E-state index contributed by atoms with van der Waals surface area (Å²) in [5.41, 5.74) is 1.02. The van der Waals surface area contributed by atoms with Gasteiger partial charge in [-0.15, -0.1) is 10.2 Å². The number of nitrogens with zero attached hydrogens (tertiary/aromatic N) is 3. The van der Waals surface area contributed by atoms with Crippen LogP contribution in [0.4, 0.5) is 5.13 Å². The van der Waals surface area contributed by atoms with Gasteiger partial charge in [-0.3, -0.25) is 4.79 Å². The third kappa shape index (κ3) is 4.87. The zero-order chi connectivity index (χ0) is 19.4. The Kier molecular flexibility index (Phi) is 6.51. The van der Waals surface area contributed by atoms with Crippen molar-refractivity contribution in [2.45, 2.75) is 35.9 Å². The van der Waals surface area contributed by atoms with E-state index in [1.165, 1.54) is 15.6 Å². The Hall–Kier alpha value is -1.49. The number of anilines is 1. The molecule has 7 nitrogen and oxygen atoms in total. The number of sulfonamides is 1. The normalized spacial score (nSPS) is 16.4. The monoisotopic (exact) mass is 426 g/mol. The number of rotatable bonds is 6. The molecule has 146 valence electrons. The summed E-state index contributed by atoms with van der Waals surface area (Å²) in [6.07, 6.45) is 0.985. The first-order chi connectivity index (χ1) is 12.9. The average Bonchev–Trinajstić information content (AvgIpc) is 3.09. The summed E-state index contributed by atoms with van der Waals surface area (Å²) in [6.45, 7) is 4.62. The van der Waals surface area contributed by atoms with Crippen LogP contribution in [-0.2, 0) is 14.8 Å². The fraction of sp³-hybridized carbons (Fsp3) is 0.471. The van der Waals surface area contributed by atoms with E-state index in [0.29, 0.717) is 36.0 Å². The van der Waals surface area contributed by atoms with E-state index in [1.54, 1.807) is 36.0 Å². The van der Waals surface area contributed by atoms with Crippen LogP contribution >= 0.6 is 23.1 Å². The molecule has 0 radical (unpaired) electrons. The maximum absolute atomic E-state index is 12.7. The predicted octanol–water partition coefficient (Wildman–Crippen LogP) is 3.00. The van der Waals surface area contributed by atoms with Crippen molar-refractivity contribution in [1.29, 1.82) is 0 Å². The number of nitrogens with one attached hydrogen (secondary N) is 1. The number of carbonyl (C=O) groups is 1. The molecule has 2 heterocycles. The van der Waals surface area contributed by atoms with E-state index in [4.69, 9.17) is 0 Å². The first-order valence-corrected chi connectivity index (χ1v) is 12.0. The van der Waals surface area contributed by atoms with Crippen LogP contribution in [0.3, 0.4) is 0 Å². The molecular formula is C17H22N4O3S3. The first-order valence-electron chi connectivity index (χ1n) is 8.74. The van der Waals surface area contributed by atoms with E-state index in [0.717, 1.165) is 15.7 Å². The molecule has 1 amide bonds. The van der Waals surface area contributed by atoms with Gasteiger partial charge in [0.1, 0.15) is 0 Å². The number of thioether (sulfide) groups is 1. The largest absolute Gasteiger partial charge is 0.300 e. The maximum atomic E-state index is 12.7. The number of aromatic nitrogens is 2. The number of aryl methyl sites for hydroxylation is 1. The Morgan fingerprint density at radius 3 is 2.56 bits per heavy atom. The molecule has 3 rings (SSSR count). The van der Waals surface area contributed by atoms with Crippen LogP contribution in [0.25, 0.3) is 0 Å². The molecule has 1 aliphatic rings. The van der Waals surface area contributed by atoms with Crippen LogP contribution < -0.4 is 5.32 Å². The smallest absolute Gasteiger partial charge is 0.243 e. The highest BCUT2D eigenvalue weighted by Crippen LogP contribution is 2.28. The van der Waals surface area contributed by atoms with Crippen molar-refractivity contribution in [3.63, 3.8) is 0 Å².